The predicted molar refractivity (Wildman–Crippen MR) is 65.2 cm³/mol. The van der Waals surface area contributed by atoms with E-state index >= 15 is 0 Å². The van der Waals surface area contributed by atoms with Gasteiger partial charge < -0.3 is 4.74 Å². The van der Waals surface area contributed by atoms with Crippen molar-refractivity contribution in [1.82, 2.24) is 14.8 Å². The highest BCUT2D eigenvalue weighted by Gasteiger charge is 2.20. The van der Waals surface area contributed by atoms with Crippen molar-refractivity contribution in [2.45, 2.75) is 6.73 Å². The molecular weight excluding hydrogens is 286 g/mol. The van der Waals surface area contributed by atoms with Crippen LogP contribution in [0.3, 0.4) is 0 Å². The van der Waals surface area contributed by atoms with Crippen LogP contribution in [-0.2, 0) is 11.5 Å². The zero-order valence-electron chi connectivity index (χ0n) is 10.3. The van der Waals surface area contributed by atoms with E-state index in [0.29, 0.717) is 0 Å². The smallest absolute Gasteiger partial charge is 0.340 e. The van der Waals surface area contributed by atoms with Gasteiger partial charge in [0.2, 0.25) is 0 Å². The van der Waals surface area contributed by atoms with Gasteiger partial charge in [0.25, 0.3) is 11.4 Å². The van der Waals surface area contributed by atoms with E-state index in [1.807, 2.05) is 0 Å². The lowest BCUT2D eigenvalue weighted by Crippen LogP contribution is -2.11. The number of ether oxygens (including phenoxy) is 1. The highest BCUT2D eigenvalue weighted by molar-refractivity contribution is 5.91. The Balaban J connectivity index is 2.23. The number of aromatic nitrogens is 3. The van der Waals surface area contributed by atoms with Crippen LogP contribution < -0.4 is 0 Å². The summed E-state index contributed by atoms with van der Waals surface area (Å²) in [6.45, 7) is -0.269. The number of nitrogens with zero attached hydrogens (tertiary/aromatic N) is 5. The lowest BCUT2D eigenvalue weighted by Gasteiger charge is -2.04. The van der Waals surface area contributed by atoms with Crippen LogP contribution in [-0.4, -0.2) is 30.6 Å². The number of nitro benzene ring substituents is 2. The highest BCUT2D eigenvalue weighted by Crippen LogP contribution is 2.23. The minimum Gasteiger partial charge on any atom is -0.439 e. The first-order valence-electron chi connectivity index (χ1n) is 5.41. The number of hydrogen-bond acceptors (Lipinski definition) is 8. The van der Waals surface area contributed by atoms with E-state index in [4.69, 9.17) is 4.74 Å². The van der Waals surface area contributed by atoms with Crippen LogP contribution in [0.2, 0.25) is 0 Å². The Labute approximate surface area is 116 Å². The summed E-state index contributed by atoms with van der Waals surface area (Å²) in [5.74, 6) is -0.947. The van der Waals surface area contributed by atoms with Crippen molar-refractivity contribution in [2.75, 3.05) is 0 Å². The van der Waals surface area contributed by atoms with Gasteiger partial charge >= 0.3 is 5.97 Å². The van der Waals surface area contributed by atoms with Gasteiger partial charge in [0.15, 0.2) is 6.73 Å². The Bertz CT molecular complexity index is 666. The summed E-state index contributed by atoms with van der Waals surface area (Å²) < 4.78 is 6.02. The predicted octanol–water partition coefficient (Wildman–Crippen LogP) is 0.909. The number of esters is 1. The average molecular weight is 293 g/mol. The number of non-ortho nitro benzene ring substituents is 2. The number of rotatable bonds is 5. The molecule has 1 aromatic carbocycles. The van der Waals surface area contributed by atoms with Gasteiger partial charge in [-0.25, -0.2) is 14.5 Å². The summed E-state index contributed by atoms with van der Waals surface area (Å²) in [7, 11) is 0. The van der Waals surface area contributed by atoms with Crippen LogP contribution in [0.5, 0.6) is 0 Å². The zero-order chi connectivity index (χ0) is 15.4. The molecule has 0 radical (unpaired) electrons. The molecule has 0 aliphatic rings. The van der Waals surface area contributed by atoms with Crippen molar-refractivity contribution in [1.29, 1.82) is 0 Å². The quantitative estimate of drug-likeness (QED) is 0.449. The van der Waals surface area contributed by atoms with E-state index in [9.17, 15) is 25.0 Å². The Kier molecular flexibility index (Phi) is 3.83. The summed E-state index contributed by atoms with van der Waals surface area (Å²) in [5.41, 5.74) is -1.44. The second-order valence-corrected chi connectivity index (χ2v) is 3.75. The normalized spacial score (nSPS) is 10.1. The van der Waals surface area contributed by atoms with E-state index in [1.165, 1.54) is 17.3 Å². The standard InChI is InChI=1S/C10H7N5O6/c16-10(21-6-13-5-11-4-12-13)7-1-8(14(17)18)3-9(2-7)15(19)20/h1-5H,6H2. The molecule has 1 aromatic heterocycles. The van der Waals surface area contributed by atoms with Gasteiger partial charge in [-0.15, -0.1) is 0 Å². The molecule has 0 amide bonds. The first kappa shape index (κ1) is 14.0. The molecule has 0 unspecified atom stereocenters. The van der Waals surface area contributed by atoms with E-state index in [0.717, 1.165) is 18.2 Å². The van der Waals surface area contributed by atoms with Gasteiger partial charge in [0.05, 0.1) is 21.5 Å². The molecule has 0 aliphatic carbocycles. The molecule has 11 heteroatoms. The molecular formula is C10H7N5O6. The summed E-state index contributed by atoms with van der Waals surface area (Å²) in [6.07, 6.45) is 2.52. The van der Waals surface area contributed by atoms with Crippen molar-refractivity contribution in [3.63, 3.8) is 0 Å². The largest absolute Gasteiger partial charge is 0.439 e. The van der Waals surface area contributed by atoms with Crippen LogP contribution in [0.15, 0.2) is 30.9 Å². The van der Waals surface area contributed by atoms with Crippen LogP contribution in [0, 0.1) is 20.2 Å². The lowest BCUT2D eigenvalue weighted by atomic mass is 10.2. The third-order valence-corrected chi connectivity index (χ3v) is 2.35. The van der Waals surface area contributed by atoms with Crippen molar-refractivity contribution in [3.8, 4) is 0 Å². The fourth-order valence-corrected chi connectivity index (χ4v) is 1.43. The fraction of sp³-hybridized carbons (Fsp3) is 0.100. The fourth-order valence-electron chi connectivity index (χ4n) is 1.43. The topological polar surface area (TPSA) is 143 Å². The molecule has 0 spiro atoms. The number of benzene rings is 1. The third-order valence-electron chi connectivity index (χ3n) is 2.35. The molecule has 2 rings (SSSR count). The molecule has 0 N–H and O–H groups in total. The van der Waals surface area contributed by atoms with Crippen LogP contribution in [0.1, 0.15) is 10.4 Å². The second-order valence-electron chi connectivity index (χ2n) is 3.75. The summed E-state index contributed by atoms with van der Waals surface area (Å²) in [5, 5.41) is 25.1. The van der Waals surface area contributed by atoms with E-state index in [1.54, 1.807) is 0 Å². The first-order chi connectivity index (χ1) is 9.97. The van der Waals surface area contributed by atoms with Crippen molar-refractivity contribution < 1.29 is 19.4 Å². The molecule has 0 aliphatic heterocycles. The highest BCUT2D eigenvalue weighted by atomic mass is 16.6. The Morgan fingerprint density at radius 2 is 1.81 bits per heavy atom. The van der Waals surface area contributed by atoms with Gasteiger partial charge in [0.1, 0.15) is 12.7 Å². The average Bonchev–Trinajstić information content (AvgIpc) is 2.97. The Morgan fingerprint density at radius 3 is 2.29 bits per heavy atom. The van der Waals surface area contributed by atoms with E-state index < -0.39 is 27.2 Å². The Morgan fingerprint density at radius 1 is 1.19 bits per heavy atom. The molecule has 0 atom stereocenters. The number of carbonyl (C=O) groups excluding carboxylic acids is 1. The minimum atomic E-state index is -0.947. The first-order valence-corrected chi connectivity index (χ1v) is 5.41. The number of hydrogen-bond donors (Lipinski definition) is 0. The maximum absolute atomic E-state index is 11.8. The maximum Gasteiger partial charge on any atom is 0.340 e. The summed E-state index contributed by atoms with van der Waals surface area (Å²) >= 11 is 0. The zero-order valence-corrected chi connectivity index (χ0v) is 10.3. The monoisotopic (exact) mass is 293 g/mol. The van der Waals surface area contributed by atoms with Crippen LogP contribution in [0.4, 0.5) is 11.4 Å². The van der Waals surface area contributed by atoms with Gasteiger partial charge in [-0.1, -0.05) is 0 Å². The molecule has 0 saturated carbocycles. The van der Waals surface area contributed by atoms with Crippen molar-refractivity contribution in [3.05, 3.63) is 56.6 Å². The number of nitro groups is 2. The number of carbonyl (C=O) groups is 1. The second kappa shape index (κ2) is 5.73. The third kappa shape index (κ3) is 3.34. The SMILES string of the molecule is O=C(OCn1cncn1)c1cc([N+](=O)[O-])cc([N+](=O)[O-])c1. The Hall–Kier alpha value is -3.37. The van der Waals surface area contributed by atoms with Crippen LogP contribution in [0.25, 0.3) is 0 Å². The molecule has 1 heterocycles. The van der Waals surface area contributed by atoms with Gasteiger partial charge in [-0.3, -0.25) is 20.2 Å². The summed E-state index contributed by atoms with van der Waals surface area (Å²) in [6, 6.07) is 2.56. The molecule has 0 saturated heterocycles. The molecule has 2 aromatic rings. The summed E-state index contributed by atoms with van der Waals surface area (Å²) in [4.78, 5) is 35.1. The van der Waals surface area contributed by atoms with Gasteiger partial charge in [-0.2, -0.15) is 5.10 Å². The molecule has 0 fully saturated rings. The van der Waals surface area contributed by atoms with Gasteiger partial charge in [-0.05, 0) is 0 Å². The van der Waals surface area contributed by atoms with E-state index in [2.05, 4.69) is 10.1 Å². The van der Waals surface area contributed by atoms with E-state index in [-0.39, 0.29) is 12.3 Å². The van der Waals surface area contributed by atoms with Crippen molar-refractivity contribution in [2.24, 2.45) is 0 Å². The maximum atomic E-state index is 11.8. The van der Waals surface area contributed by atoms with Crippen LogP contribution >= 0.6 is 0 Å². The minimum absolute atomic E-state index is 0.269. The van der Waals surface area contributed by atoms with Gasteiger partial charge in [0, 0.05) is 12.1 Å². The molecule has 21 heavy (non-hydrogen) atoms. The lowest BCUT2D eigenvalue weighted by molar-refractivity contribution is -0.394. The molecule has 108 valence electrons. The molecule has 11 nitrogen and oxygen atoms in total. The molecule has 0 bridgehead atoms. The van der Waals surface area contributed by atoms with Crippen molar-refractivity contribution >= 4 is 17.3 Å².